The lowest BCUT2D eigenvalue weighted by Crippen LogP contribution is -2.40. The van der Waals surface area contributed by atoms with Crippen molar-refractivity contribution >= 4 is 42.1 Å². The summed E-state index contributed by atoms with van der Waals surface area (Å²) in [7, 11) is -3.93. The van der Waals surface area contributed by atoms with Crippen LogP contribution in [-0.4, -0.2) is 66.5 Å². The summed E-state index contributed by atoms with van der Waals surface area (Å²) in [5, 5.41) is 11.0. The number of esters is 1. The predicted molar refractivity (Wildman–Crippen MR) is 140 cm³/mol. The number of halogens is 1. The molecule has 1 unspecified atom stereocenters. The zero-order valence-corrected chi connectivity index (χ0v) is 23.1. The van der Waals surface area contributed by atoms with Crippen LogP contribution in [0.4, 0.5) is 5.82 Å². The van der Waals surface area contributed by atoms with E-state index in [0.717, 1.165) is 0 Å². The fourth-order valence-corrected chi connectivity index (χ4v) is 6.26. The molecule has 1 aliphatic rings. The molecule has 1 fully saturated rings. The van der Waals surface area contributed by atoms with Crippen molar-refractivity contribution in [2.75, 3.05) is 18.5 Å². The normalized spacial score (nSPS) is 25.8. The summed E-state index contributed by atoms with van der Waals surface area (Å²) >= 11 is 6.75. The first kappa shape index (κ1) is 28.3. The van der Waals surface area contributed by atoms with Gasteiger partial charge in [0.25, 0.3) is 0 Å². The number of aliphatic hydroxyl groups excluding tert-OH is 1. The highest BCUT2D eigenvalue weighted by atomic mass is 35.5. The Hall–Kier alpha value is -2.76. The Bertz CT molecular complexity index is 1320. The predicted octanol–water partition coefficient (Wildman–Crippen LogP) is 3.54. The number of para-hydroxylation sites is 1. The van der Waals surface area contributed by atoms with E-state index >= 15 is 0 Å². The van der Waals surface area contributed by atoms with Gasteiger partial charge in [-0.2, -0.15) is 0 Å². The molecule has 2 aromatic heterocycles. The van der Waals surface area contributed by atoms with E-state index in [0.29, 0.717) is 16.9 Å². The highest BCUT2D eigenvalue weighted by Crippen LogP contribution is 2.52. The van der Waals surface area contributed by atoms with Crippen LogP contribution in [0.1, 0.15) is 33.9 Å². The van der Waals surface area contributed by atoms with Gasteiger partial charge in [0.1, 0.15) is 34.7 Å². The Morgan fingerprint density at radius 1 is 1.26 bits per heavy atom. The lowest BCUT2D eigenvalue weighted by atomic mass is 10.0. The summed E-state index contributed by atoms with van der Waals surface area (Å²) in [5.41, 5.74) is 6.62. The number of nitrogen functional groups attached to an aromatic ring is 1. The number of nitrogens with two attached hydrogens (primary N) is 1. The maximum absolute atomic E-state index is 13.9. The number of aromatic nitrogens is 4. The fraction of sp³-hybridized carbons (Fsp3) is 0.500. The van der Waals surface area contributed by atoms with Gasteiger partial charge in [-0.3, -0.25) is 13.9 Å². The molecule has 0 spiro atoms. The minimum Gasteiger partial charge on any atom is -0.463 e. The van der Waals surface area contributed by atoms with E-state index in [1.54, 1.807) is 62.6 Å². The first-order chi connectivity index (χ1) is 17.9. The number of alkyl halides is 1. The molecule has 3 N–H and O–H groups in total. The van der Waals surface area contributed by atoms with Gasteiger partial charge in [-0.25, -0.2) is 19.5 Å². The van der Waals surface area contributed by atoms with E-state index in [9.17, 15) is 14.5 Å². The fourth-order valence-electron chi connectivity index (χ4n) is 4.10. The van der Waals surface area contributed by atoms with Crippen molar-refractivity contribution in [2.24, 2.45) is 5.92 Å². The molecule has 1 saturated heterocycles. The third-order valence-corrected chi connectivity index (χ3v) is 8.47. The molecule has 0 aliphatic carbocycles. The highest BCUT2D eigenvalue weighted by Gasteiger charge is 2.54. The molecule has 4 rings (SSSR count). The summed E-state index contributed by atoms with van der Waals surface area (Å²) in [6.07, 6.45) is -0.996. The molecule has 1 aliphatic heterocycles. The van der Waals surface area contributed by atoms with Crippen LogP contribution in [0.15, 0.2) is 43.0 Å². The van der Waals surface area contributed by atoms with E-state index in [1.807, 2.05) is 0 Å². The molecule has 206 valence electrons. The summed E-state index contributed by atoms with van der Waals surface area (Å²) < 4.78 is 38.3. The summed E-state index contributed by atoms with van der Waals surface area (Å²) in [6.45, 7) is 6.30. The first-order valence-corrected chi connectivity index (χ1v) is 14.2. The van der Waals surface area contributed by atoms with Crippen LogP contribution in [-0.2, 0) is 23.4 Å². The molecule has 3 aromatic rings. The van der Waals surface area contributed by atoms with Crippen LogP contribution in [0.2, 0.25) is 0 Å². The van der Waals surface area contributed by atoms with Crippen molar-refractivity contribution in [3.8, 4) is 5.75 Å². The zero-order chi connectivity index (χ0) is 27.7. The van der Waals surface area contributed by atoms with Gasteiger partial charge in [-0.05, 0) is 32.9 Å². The summed E-state index contributed by atoms with van der Waals surface area (Å²) in [6, 6.07) is 8.46. The molecular formula is C24H31ClN5O7P. The van der Waals surface area contributed by atoms with Crippen molar-refractivity contribution < 1.29 is 33.0 Å². The molecule has 0 amide bonds. The Kier molecular flexibility index (Phi) is 8.29. The van der Waals surface area contributed by atoms with Gasteiger partial charge in [-0.1, -0.05) is 25.1 Å². The number of hydrogen-bond donors (Lipinski definition) is 2. The average Bonchev–Trinajstić information content (AvgIpc) is 3.37. The second kappa shape index (κ2) is 11.2. The standard InChI is InChI=1S/C24H31ClN5O7P/c1-14(2)35-22(32)15(3)11-38(33,37-16-8-6-5-7-9-16)34-10-17-19(31)24(4,25)23(36-17)30-13-29-18-20(26)27-12-28-21(18)30/h5-9,12-15,17,19,23,31H,10-11H2,1-4H3,(H2,26,27,28)/t15-,17-,19-,23-,24-,38?/m1/s1. The Labute approximate surface area is 225 Å². The third-order valence-electron chi connectivity index (χ3n) is 6.03. The van der Waals surface area contributed by atoms with Crippen LogP contribution in [0.3, 0.4) is 0 Å². The number of nitrogens with zero attached hydrogens (tertiary/aromatic N) is 4. The van der Waals surface area contributed by atoms with E-state index < -0.39 is 42.8 Å². The van der Waals surface area contributed by atoms with E-state index in [1.165, 1.54) is 12.7 Å². The van der Waals surface area contributed by atoms with E-state index in [4.69, 9.17) is 35.9 Å². The second-order valence-electron chi connectivity index (χ2n) is 9.59. The quantitative estimate of drug-likeness (QED) is 0.209. The van der Waals surface area contributed by atoms with Crippen LogP contribution >= 0.6 is 19.2 Å². The number of anilines is 1. The number of fused-ring (bicyclic) bond motifs is 1. The lowest BCUT2D eigenvalue weighted by Gasteiger charge is -2.26. The smallest absolute Gasteiger partial charge is 0.380 e. The van der Waals surface area contributed by atoms with Crippen molar-refractivity contribution in [2.45, 2.75) is 57.1 Å². The summed E-state index contributed by atoms with van der Waals surface area (Å²) in [5.74, 6) is -0.822. The maximum atomic E-state index is 13.9. The van der Waals surface area contributed by atoms with Crippen LogP contribution < -0.4 is 10.3 Å². The highest BCUT2D eigenvalue weighted by molar-refractivity contribution is 7.54. The largest absolute Gasteiger partial charge is 0.463 e. The van der Waals surface area contributed by atoms with Gasteiger partial charge >= 0.3 is 13.6 Å². The topological polar surface area (TPSA) is 161 Å². The SMILES string of the molecule is CC(C)OC(=O)[C@H](C)CP(=O)(OC[C@H]1O[C@@H](n2cnc3c(N)ncnc32)[C@](C)(Cl)[C@@H]1O)Oc1ccccc1. The van der Waals surface area contributed by atoms with Crippen LogP contribution in [0, 0.1) is 5.92 Å². The van der Waals surface area contributed by atoms with Gasteiger partial charge in [0, 0.05) is 0 Å². The number of carbonyl (C=O) groups excluding carboxylic acids is 1. The van der Waals surface area contributed by atoms with Crippen molar-refractivity contribution in [3.05, 3.63) is 43.0 Å². The Morgan fingerprint density at radius 2 is 1.97 bits per heavy atom. The summed E-state index contributed by atoms with van der Waals surface area (Å²) in [4.78, 5) is 23.5. The number of rotatable bonds is 10. The minimum absolute atomic E-state index is 0.188. The van der Waals surface area contributed by atoms with Crippen molar-refractivity contribution in [1.82, 2.24) is 19.5 Å². The molecule has 0 bridgehead atoms. The number of aliphatic hydroxyl groups is 1. The first-order valence-electron chi connectivity index (χ1n) is 12.1. The molecule has 1 aromatic carbocycles. The van der Waals surface area contributed by atoms with Gasteiger partial charge in [0.2, 0.25) is 0 Å². The van der Waals surface area contributed by atoms with E-state index in [-0.39, 0.29) is 24.7 Å². The Morgan fingerprint density at radius 3 is 2.66 bits per heavy atom. The molecule has 38 heavy (non-hydrogen) atoms. The van der Waals surface area contributed by atoms with Crippen molar-refractivity contribution in [1.29, 1.82) is 0 Å². The molecule has 6 atom stereocenters. The molecular weight excluding hydrogens is 537 g/mol. The number of hydrogen-bond acceptors (Lipinski definition) is 11. The van der Waals surface area contributed by atoms with Crippen LogP contribution in [0.25, 0.3) is 11.2 Å². The number of benzene rings is 1. The van der Waals surface area contributed by atoms with Gasteiger partial charge < -0.3 is 24.8 Å². The number of imidazole rings is 1. The van der Waals surface area contributed by atoms with Gasteiger partial charge in [0.05, 0.1) is 31.1 Å². The number of carbonyl (C=O) groups is 1. The lowest BCUT2D eigenvalue weighted by molar-refractivity contribution is -0.151. The van der Waals surface area contributed by atoms with Gasteiger partial charge in [0.15, 0.2) is 17.7 Å². The molecule has 3 heterocycles. The molecule has 0 saturated carbocycles. The second-order valence-corrected chi connectivity index (χ2v) is 12.4. The minimum atomic E-state index is -3.93. The zero-order valence-electron chi connectivity index (χ0n) is 21.4. The third kappa shape index (κ3) is 5.94. The number of ether oxygens (including phenoxy) is 2. The van der Waals surface area contributed by atoms with Crippen molar-refractivity contribution in [3.63, 3.8) is 0 Å². The molecule has 0 radical (unpaired) electrons. The van der Waals surface area contributed by atoms with E-state index in [2.05, 4.69) is 15.0 Å². The molecule has 12 nitrogen and oxygen atoms in total. The maximum Gasteiger partial charge on any atom is 0.380 e. The molecule has 14 heteroatoms. The van der Waals surface area contributed by atoms with Gasteiger partial charge in [-0.15, -0.1) is 11.6 Å². The Balaban J connectivity index is 1.54. The average molecular weight is 568 g/mol. The monoisotopic (exact) mass is 567 g/mol. The van der Waals surface area contributed by atoms with Crippen LogP contribution in [0.5, 0.6) is 5.75 Å².